The summed E-state index contributed by atoms with van der Waals surface area (Å²) < 4.78 is 0. The molecule has 0 radical (unpaired) electrons. The van der Waals surface area contributed by atoms with Crippen molar-refractivity contribution in [2.45, 2.75) is 103 Å². The topological polar surface area (TPSA) is 12.0 Å². The lowest BCUT2D eigenvalue weighted by atomic mass is 10.0. The summed E-state index contributed by atoms with van der Waals surface area (Å²) in [6, 6.07) is 0.819. The van der Waals surface area contributed by atoms with Gasteiger partial charge in [-0.1, -0.05) is 71.6 Å². The van der Waals surface area contributed by atoms with Gasteiger partial charge in [0.25, 0.3) is 0 Å². The normalized spacial score (nSPS) is 16.7. The molecule has 0 bridgehead atoms. The molecule has 1 atom stereocenters. The molecule has 19 heavy (non-hydrogen) atoms. The van der Waals surface area contributed by atoms with Gasteiger partial charge in [-0.05, 0) is 38.1 Å². The van der Waals surface area contributed by atoms with Gasteiger partial charge in [0.2, 0.25) is 0 Å². The second-order valence-electron chi connectivity index (χ2n) is 6.60. The molecule has 1 heteroatoms. The van der Waals surface area contributed by atoms with E-state index in [9.17, 15) is 0 Å². The van der Waals surface area contributed by atoms with Gasteiger partial charge in [0.1, 0.15) is 0 Å². The van der Waals surface area contributed by atoms with Crippen molar-refractivity contribution in [2.75, 3.05) is 6.54 Å². The van der Waals surface area contributed by atoms with Gasteiger partial charge in [0.05, 0.1) is 0 Å². The number of hydrogen-bond acceptors (Lipinski definition) is 1. The molecule has 0 saturated heterocycles. The van der Waals surface area contributed by atoms with E-state index < -0.39 is 0 Å². The standard InChI is InChI=1S/C18H37N/c1-3-5-7-9-11-13-18(12-10-8-6-4-2)19-16-17-14-15-17/h17-19H,3-16H2,1-2H3. The minimum Gasteiger partial charge on any atom is -0.314 e. The Hall–Kier alpha value is -0.0400. The maximum absolute atomic E-state index is 3.85. The van der Waals surface area contributed by atoms with Crippen molar-refractivity contribution >= 4 is 0 Å². The smallest absolute Gasteiger partial charge is 0.00671 e. The molecular weight excluding hydrogens is 230 g/mol. The van der Waals surface area contributed by atoms with E-state index in [0.29, 0.717) is 0 Å². The van der Waals surface area contributed by atoms with Crippen LogP contribution >= 0.6 is 0 Å². The van der Waals surface area contributed by atoms with Gasteiger partial charge in [-0.3, -0.25) is 0 Å². The van der Waals surface area contributed by atoms with Crippen molar-refractivity contribution < 1.29 is 0 Å². The second-order valence-corrected chi connectivity index (χ2v) is 6.60. The molecule has 1 aliphatic rings. The molecule has 1 fully saturated rings. The Morgan fingerprint density at radius 1 is 0.789 bits per heavy atom. The van der Waals surface area contributed by atoms with Gasteiger partial charge in [0, 0.05) is 6.04 Å². The quantitative estimate of drug-likeness (QED) is 0.399. The molecule has 0 heterocycles. The van der Waals surface area contributed by atoms with Crippen LogP contribution in [0.25, 0.3) is 0 Å². The Kier molecular flexibility index (Phi) is 10.5. The lowest BCUT2D eigenvalue weighted by Crippen LogP contribution is -2.30. The fourth-order valence-electron chi connectivity index (χ4n) is 2.82. The molecule has 1 N–H and O–H groups in total. The van der Waals surface area contributed by atoms with E-state index in [1.54, 1.807) is 0 Å². The fourth-order valence-corrected chi connectivity index (χ4v) is 2.82. The average molecular weight is 268 g/mol. The van der Waals surface area contributed by atoms with Crippen LogP contribution < -0.4 is 5.32 Å². The van der Waals surface area contributed by atoms with Gasteiger partial charge in [-0.2, -0.15) is 0 Å². The summed E-state index contributed by atoms with van der Waals surface area (Å²) in [5.74, 6) is 1.03. The van der Waals surface area contributed by atoms with E-state index in [-0.39, 0.29) is 0 Å². The second kappa shape index (κ2) is 11.8. The zero-order chi connectivity index (χ0) is 13.8. The lowest BCUT2D eigenvalue weighted by molar-refractivity contribution is 0.408. The Labute approximate surface area is 121 Å². The maximum atomic E-state index is 3.85. The van der Waals surface area contributed by atoms with E-state index in [2.05, 4.69) is 19.2 Å². The molecule has 1 nitrogen and oxygen atoms in total. The first kappa shape index (κ1) is 17.0. The van der Waals surface area contributed by atoms with Crippen molar-refractivity contribution in [3.63, 3.8) is 0 Å². The van der Waals surface area contributed by atoms with Crippen LogP contribution in [0.15, 0.2) is 0 Å². The zero-order valence-electron chi connectivity index (χ0n) is 13.6. The Morgan fingerprint density at radius 2 is 1.32 bits per heavy atom. The van der Waals surface area contributed by atoms with Gasteiger partial charge in [0.15, 0.2) is 0 Å². The molecule has 1 unspecified atom stereocenters. The molecule has 114 valence electrons. The molecule has 0 aromatic heterocycles. The van der Waals surface area contributed by atoms with E-state index in [4.69, 9.17) is 0 Å². The molecule has 1 rings (SSSR count). The van der Waals surface area contributed by atoms with Crippen LogP contribution in [0.3, 0.4) is 0 Å². The summed E-state index contributed by atoms with van der Waals surface area (Å²) in [5.41, 5.74) is 0. The summed E-state index contributed by atoms with van der Waals surface area (Å²) >= 11 is 0. The maximum Gasteiger partial charge on any atom is 0.00671 e. The number of unbranched alkanes of at least 4 members (excludes halogenated alkanes) is 7. The lowest BCUT2D eigenvalue weighted by Gasteiger charge is -2.18. The number of nitrogens with one attached hydrogen (secondary N) is 1. The molecule has 1 aliphatic carbocycles. The Balaban J connectivity index is 2.03. The zero-order valence-corrected chi connectivity index (χ0v) is 13.6. The minimum absolute atomic E-state index is 0.819. The molecule has 0 aromatic carbocycles. The SMILES string of the molecule is CCCCCCCC(CCCCCC)NCC1CC1. The summed E-state index contributed by atoms with van der Waals surface area (Å²) in [6.07, 6.45) is 18.6. The van der Waals surface area contributed by atoms with Crippen molar-refractivity contribution in [1.82, 2.24) is 5.32 Å². The summed E-state index contributed by atoms with van der Waals surface area (Å²) in [6.45, 7) is 5.90. The molecule has 1 saturated carbocycles. The third-order valence-electron chi connectivity index (χ3n) is 4.45. The minimum atomic E-state index is 0.819. The van der Waals surface area contributed by atoms with Crippen LogP contribution in [0.4, 0.5) is 0 Å². The molecule has 0 spiro atoms. The largest absolute Gasteiger partial charge is 0.314 e. The number of hydrogen-bond donors (Lipinski definition) is 1. The highest BCUT2D eigenvalue weighted by Crippen LogP contribution is 2.28. The van der Waals surface area contributed by atoms with Gasteiger partial charge in [-0.15, -0.1) is 0 Å². The van der Waals surface area contributed by atoms with Crippen molar-refractivity contribution in [3.05, 3.63) is 0 Å². The average Bonchev–Trinajstić information content (AvgIpc) is 3.23. The fraction of sp³-hybridized carbons (Fsp3) is 1.00. The first-order valence-electron chi connectivity index (χ1n) is 9.10. The first-order valence-corrected chi connectivity index (χ1v) is 9.10. The monoisotopic (exact) mass is 267 g/mol. The van der Waals surface area contributed by atoms with Gasteiger partial charge >= 0.3 is 0 Å². The summed E-state index contributed by atoms with van der Waals surface area (Å²) in [4.78, 5) is 0. The van der Waals surface area contributed by atoms with Crippen LogP contribution in [0.2, 0.25) is 0 Å². The third-order valence-corrected chi connectivity index (χ3v) is 4.45. The van der Waals surface area contributed by atoms with E-state index in [1.807, 2.05) is 0 Å². The first-order chi connectivity index (χ1) is 9.36. The van der Waals surface area contributed by atoms with Gasteiger partial charge in [-0.25, -0.2) is 0 Å². The summed E-state index contributed by atoms with van der Waals surface area (Å²) in [7, 11) is 0. The Morgan fingerprint density at radius 3 is 1.84 bits per heavy atom. The molecule has 0 amide bonds. The number of rotatable bonds is 14. The van der Waals surface area contributed by atoms with Crippen LogP contribution in [0.1, 0.15) is 97.3 Å². The van der Waals surface area contributed by atoms with Crippen LogP contribution in [-0.2, 0) is 0 Å². The van der Waals surface area contributed by atoms with Crippen molar-refractivity contribution in [2.24, 2.45) is 5.92 Å². The van der Waals surface area contributed by atoms with E-state index in [0.717, 1.165) is 12.0 Å². The molecule has 0 aromatic rings. The van der Waals surface area contributed by atoms with Crippen molar-refractivity contribution in [1.29, 1.82) is 0 Å². The van der Waals surface area contributed by atoms with Crippen molar-refractivity contribution in [3.8, 4) is 0 Å². The highest BCUT2D eigenvalue weighted by molar-refractivity contribution is 4.78. The Bertz CT molecular complexity index is 186. The molecular formula is C18H37N. The predicted molar refractivity (Wildman–Crippen MR) is 86.6 cm³/mol. The molecule has 0 aliphatic heterocycles. The third kappa shape index (κ3) is 10.4. The van der Waals surface area contributed by atoms with E-state index >= 15 is 0 Å². The summed E-state index contributed by atoms with van der Waals surface area (Å²) in [5, 5.41) is 3.85. The highest BCUT2D eigenvalue weighted by Gasteiger charge is 2.21. The highest BCUT2D eigenvalue weighted by atomic mass is 14.9. The van der Waals surface area contributed by atoms with Gasteiger partial charge < -0.3 is 5.32 Å². The van der Waals surface area contributed by atoms with E-state index in [1.165, 1.54) is 90.0 Å². The van der Waals surface area contributed by atoms with Crippen LogP contribution in [0.5, 0.6) is 0 Å². The predicted octanol–water partition coefficient (Wildman–Crippen LogP) is 5.69. The van der Waals surface area contributed by atoms with Crippen LogP contribution in [0, 0.1) is 5.92 Å². The van der Waals surface area contributed by atoms with Crippen LogP contribution in [-0.4, -0.2) is 12.6 Å².